The van der Waals surface area contributed by atoms with Gasteiger partial charge in [0.15, 0.2) is 5.65 Å². The lowest BCUT2D eigenvalue weighted by atomic mass is 10.2. The quantitative estimate of drug-likeness (QED) is 0.670. The van der Waals surface area contributed by atoms with Crippen molar-refractivity contribution in [1.29, 1.82) is 0 Å². The van der Waals surface area contributed by atoms with Gasteiger partial charge in [0.1, 0.15) is 5.82 Å². The fourth-order valence-electron chi connectivity index (χ4n) is 2.31. The van der Waals surface area contributed by atoms with Gasteiger partial charge in [-0.05, 0) is 24.6 Å². The number of nitrogens with two attached hydrogens (primary N) is 1. The van der Waals surface area contributed by atoms with Gasteiger partial charge in [-0.2, -0.15) is 15.1 Å². The van der Waals surface area contributed by atoms with Crippen molar-refractivity contribution in [2.24, 2.45) is 12.2 Å². The summed E-state index contributed by atoms with van der Waals surface area (Å²) >= 11 is 0. The maximum atomic E-state index is 11.3. The molecule has 0 fully saturated rings. The van der Waals surface area contributed by atoms with Gasteiger partial charge < -0.3 is 10.1 Å². The van der Waals surface area contributed by atoms with Crippen LogP contribution in [-0.4, -0.2) is 34.8 Å². The number of fused-ring (bicyclic) bond motifs is 1. The molecule has 9 nitrogen and oxygen atoms in total. The smallest absolute Gasteiger partial charge is 0.320 e. The highest BCUT2D eigenvalue weighted by atomic mass is 32.2. The van der Waals surface area contributed by atoms with Gasteiger partial charge in [0, 0.05) is 13.6 Å². The summed E-state index contributed by atoms with van der Waals surface area (Å²) < 4.78 is 29.6. The summed E-state index contributed by atoms with van der Waals surface area (Å²) in [6.45, 7) is 2.76. The highest BCUT2D eigenvalue weighted by Crippen LogP contribution is 2.23. The first-order valence-electron chi connectivity index (χ1n) is 7.56. The van der Waals surface area contributed by atoms with Crippen LogP contribution in [0.25, 0.3) is 11.0 Å². The van der Waals surface area contributed by atoms with Crippen LogP contribution in [-0.2, 0) is 23.6 Å². The van der Waals surface area contributed by atoms with Crippen molar-refractivity contribution in [1.82, 2.24) is 19.7 Å². The van der Waals surface area contributed by atoms with Crippen LogP contribution in [0.1, 0.15) is 12.5 Å². The molecule has 0 unspecified atom stereocenters. The third kappa shape index (κ3) is 3.69. The second kappa shape index (κ2) is 6.65. The van der Waals surface area contributed by atoms with Gasteiger partial charge in [-0.25, -0.2) is 13.6 Å². The van der Waals surface area contributed by atoms with E-state index in [-0.39, 0.29) is 10.9 Å². The van der Waals surface area contributed by atoms with Crippen LogP contribution in [0.3, 0.4) is 0 Å². The molecule has 0 bridgehead atoms. The summed E-state index contributed by atoms with van der Waals surface area (Å²) in [6, 6.07) is 6.59. The fraction of sp³-hybridized carbons (Fsp3) is 0.267. The van der Waals surface area contributed by atoms with Gasteiger partial charge >= 0.3 is 6.01 Å². The van der Waals surface area contributed by atoms with Crippen molar-refractivity contribution in [3.05, 3.63) is 36.0 Å². The van der Waals surface area contributed by atoms with Crippen molar-refractivity contribution in [2.45, 2.75) is 18.4 Å². The van der Waals surface area contributed by atoms with Gasteiger partial charge in [0.05, 0.1) is 23.1 Å². The largest absolute Gasteiger partial charge is 0.464 e. The first-order chi connectivity index (χ1) is 11.9. The zero-order valence-electron chi connectivity index (χ0n) is 13.8. The van der Waals surface area contributed by atoms with Gasteiger partial charge in [-0.15, -0.1) is 0 Å². The Morgan fingerprint density at radius 2 is 1.96 bits per heavy atom. The summed E-state index contributed by atoms with van der Waals surface area (Å²) in [5.74, 6) is 0.595. The van der Waals surface area contributed by atoms with Gasteiger partial charge in [0.2, 0.25) is 10.0 Å². The van der Waals surface area contributed by atoms with Gasteiger partial charge in [-0.3, -0.25) is 4.68 Å². The Hall–Kier alpha value is -2.72. The van der Waals surface area contributed by atoms with E-state index in [1.54, 1.807) is 30.1 Å². The Balaban J connectivity index is 1.85. The van der Waals surface area contributed by atoms with Crippen LogP contribution in [0.15, 0.2) is 35.4 Å². The van der Waals surface area contributed by atoms with Gasteiger partial charge in [0.25, 0.3) is 0 Å². The lowest BCUT2D eigenvalue weighted by molar-refractivity contribution is 0.314. The van der Waals surface area contributed by atoms with E-state index in [4.69, 9.17) is 9.88 Å². The molecule has 2 heterocycles. The Kier molecular flexibility index (Phi) is 4.55. The molecular formula is C15H18N6O3S. The molecule has 0 aliphatic carbocycles. The molecule has 0 saturated carbocycles. The van der Waals surface area contributed by atoms with E-state index in [0.717, 1.165) is 10.9 Å². The number of benzene rings is 1. The Labute approximate surface area is 144 Å². The van der Waals surface area contributed by atoms with Crippen LogP contribution in [0.4, 0.5) is 5.82 Å². The van der Waals surface area contributed by atoms with E-state index < -0.39 is 10.0 Å². The number of hydrogen-bond donors (Lipinski definition) is 2. The number of hydrogen-bond acceptors (Lipinski definition) is 7. The van der Waals surface area contributed by atoms with Crippen molar-refractivity contribution >= 4 is 26.9 Å². The zero-order chi connectivity index (χ0) is 18.0. The second-order valence-electron chi connectivity index (χ2n) is 5.34. The highest BCUT2D eigenvalue weighted by Gasteiger charge is 2.12. The third-order valence-corrected chi connectivity index (χ3v) is 4.49. The molecule has 1 aromatic carbocycles. The standard InChI is InChI=1S/C15H18N6O3S/c1-3-24-15-19-13(12-9-18-21(2)14(12)20-15)17-8-10-4-6-11(7-5-10)25(16,22)23/h4-7,9H,3,8H2,1-2H3,(H2,16,22,23)(H,17,19,20). The average Bonchev–Trinajstić information content (AvgIpc) is 2.94. The molecule has 0 radical (unpaired) electrons. The molecular weight excluding hydrogens is 344 g/mol. The van der Waals surface area contributed by atoms with Crippen LogP contribution in [0.5, 0.6) is 6.01 Å². The molecule has 0 amide bonds. The monoisotopic (exact) mass is 362 g/mol. The zero-order valence-corrected chi connectivity index (χ0v) is 14.6. The molecule has 0 aliphatic rings. The number of nitrogens with zero attached hydrogens (tertiary/aromatic N) is 4. The van der Waals surface area contributed by atoms with Crippen LogP contribution < -0.4 is 15.2 Å². The number of aryl methyl sites for hydroxylation is 1. The summed E-state index contributed by atoms with van der Waals surface area (Å²) in [4.78, 5) is 8.76. The van der Waals surface area contributed by atoms with E-state index in [1.165, 1.54) is 12.1 Å². The minimum Gasteiger partial charge on any atom is -0.464 e. The minimum absolute atomic E-state index is 0.0755. The molecule has 25 heavy (non-hydrogen) atoms. The van der Waals surface area contributed by atoms with E-state index in [2.05, 4.69) is 20.4 Å². The summed E-state index contributed by atoms with van der Waals surface area (Å²) in [6.07, 6.45) is 1.68. The normalized spacial score (nSPS) is 11.6. The number of primary sulfonamides is 1. The van der Waals surface area contributed by atoms with Crippen molar-refractivity contribution in [3.8, 4) is 6.01 Å². The van der Waals surface area contributed by atoms with Crippen molar-refractivity contribution in [3.63, 3.8) is 0 Å². The number of sulfonamides is 1. The van der Waals surface area contributed by atoms with E-state index in [1.807, 2.05) is 6.92 Å². The van der Waals surface area contributed by atoms with Crippen LogP contribution in [0, 0.1) is 0 Å². The van der Waals surface area contributed by atoms with Gasteiger partial charge in [-0.1, -0.05) is 12.1 Å². The number of aromatic nitrogens is 4. The SMILES string of the molecule is CCOc1nc(NCc2ccc(S(N)(=O)=O)cc2)c2cnn(C)c2n1. The Morgan fingerprint density at radius 3 is 2.60 bits per heavy atom. The maximum Gasteiger partial charge on any atom is 0.320 e. The average molecular weight is 362 g/mol. The molecule has 3 rings (SSSR count). The van der Waals surface area contributed by atoms with E-state index in [0.29, 0.717) is 24.6 Å². The predicted octanol–water partition coefficient (Wildman–Crippen LogP) is 1.02. The molecule has 2 aromatic heterocycles. The summed E-state index contributed by atoms with van der Waals surface area (Å²) in [5.41, 5.74) is 1.53. The molecule has 10 heteroatoms. The first-order valence-corrected chi connectivity index (χ1v) is 9.11. The first kappa shape index (κ1) is 17.1. The summed E-state index contributed by atoms with van der Waals surface area (Å²) in [7, 11) is -1.90. The highest BCUT2D eigenvalue weighted by molar-refractivity contribution is 7.89. The van der Waals surface area contributed by atoms with Crippen LogP contribution >= 0.6 is 0 Å². The number of anilines is 1. The molecule has 0 saturated heterocycles. The molecule has 0 aliphatic heterocycles. The number of ether oxygens (including phenoxy) is 1. The Bertz CT molecular complexity index is 998. The van der Waals surface area contributed by atoms with E-state index in [9.17, 15) is 8.42 Å². The molecule has 3 aromatic rings. The number of rotatable bonds is 6. The third-order valence-electron chi connectivity index (χ3n) is 3.56. The fourth-order valence-corrected chi connectivity index (χ4v) is 2.83. The molecule has 0 atom stereocenters. The minimum atomic E-state index is -3.69. The molecule has 0 spiro atoms. The maximum absolute atomic E-state index is 11.3. The lowest BCUT2D eigenvalue weighted by Crippen LogP contribution is -2.12. The van der Waals surface area contributed by atoms with Crippen molar-refractivity contribution < 1.29 is 13.2 Å². The summed E-state index contributed by atoms with van der Waals surface area (Å²) in [5, 5.41) is 13.3. The van der Waals surface area contributed by atoms with E-state index >= 15 is 0 Å². The Morgan fingerprint density at radius 1 is 1.24 bits per heavy atom. The topological polar surface area (TPSA) is 125 Å². The van der Waals surface area contributed by atoms with Crippen LogP contribution in [0.2, 0.25) is 0 Å². The second-order valence-corrected chi connectivity index (χ2v) is 6.90. The number of nitrogens with one attached hydrogen (secondary N) is 1. The van der Waals surface area contributed by atoms with Crippen molar-refractivity contribution in [2.75, 3.05) is 11.9 Å². The molecule has 132 valence electrons. The lowest BCUT2D eigenvalue weighted by Gasteiger charge is -2.09. The predicted molar refractivity (Wildman–Crippen MR) is 92.6 cm³/mol. The molecule has 3 N–H and O–H groups in total.